The number of nitrogens with one attached hydrogen (secondary N) is 1. The van der Waals surface area contributed by atoms with E-state index in [9.17, 15) is 14.4 Å². The predicted octanol–water partition coefficient (Wildman–Crippen LogP) is 4.74. The Morgan fingerprint density at radius 2 is 1.86 bits per heavy atom. The highest BCUT2D eigenvalue weighted by Gasteiger charge is 2.36. The third-order valence-electron chi connectivity index (χ3n) is 4.31. The number of hydrogen-bond donors (Lipinski definition) is 1. The first-order chi connectivity index (χ1) is 13.4. The van der Waals surface area contributed by atoms with Crippen LogP contribution in [0.4, 0.5) is 5.69 Å². The van der Waals surface area contributed by atoms with Crippen molar-refractivity contribution >= 4 is 50.9 Å². The van der Waals surface area contributed by atoms with Crippen LogP contribution in [0.1, 0.15) is 36.8 Å². The fourth-order valence-corrected chi connectivity index (χ4v) is 3.64. The molecule has 0 unspecified atom stereocenters. The maximum atomic E-state index is 12.7. The first-order valence-corrected chi connectivity index (χ1v) is 9.40. The number of imide groups is 1. The van der Waals surface area contributed by atoms with Gasteiger partial charge in [-0.25, -0.2) is 0 Å². The van der Waals surface area contributed by atoms with Gasteiger partial charge in [0, 0.05) is 10.0 Å². The summed E-state index contributed by atoms with van der Waals surface area (Å²) in [6.45, 7) is 0.0371. The predicted molar refractivity (Wildman–Crippen MR) is 106 cm³/mol. The fraction of sp³-hybridized carbons (Fsp3) is 0.0500. The first-order valence-electron chi connectivity index (χ1n) is 8.23. The molecule has 28 heavy (non-hydrogen) atoms. The second-order valence-electron chi connectivity index (χ2n) is 6.11. The Kier molecular flexibility index (Phi) is 4.78. The molecule has 3 aromatic rings. The molecule has 0 bridgehead atoms. The van der Waals surface area contributed by atoms with Gasteiger partial charge in [-0.15, -0.1) is 0 Å². The van der Waals surface area contributed by atoms with Crippen molar-refractivity contribution in [2.24, 2.45) is 0 Å². The summed E-state index contributed by atoms with van der Waals surface area (Å²) in [5, 5.41) is 3.08. The molecule has 0 saturated carbocycles. The number of hydrogen-bond acceptors (Lipinski definition) is 4. The second kappa shape index (κ2) is 7.26. The molecule has 4 rings (SSSR count). The molecule has 1 aliphatic heterocycles. The van der Waals surface area contributed by atoms with E-state index in [4.69, 9.17) is 16.0 Å². The zero-order valence-corrected chi connectivity index (χ0v) is 16.6. The van der Waals surface area contributed by atoms with Crippen molar-refractivity contribution in [1.82, 2.24) is 4.90 Å². The monoisotopic (exact) mass is 458 g/mol. The molecule has 1 aliphatic rings. The third-order valence-corrected chi connectivity index (χ3v) is 5.11. The van der Waals surface area contributed by atoms with E-state index in [1.165, 1.54) is 24.5 Å². The summed E-state index contributed by atoms with van der Waals surface area (Å²) in [6, 6.07) is 12.8. The Morgan fingerprint density at radius 3 is 2.57 bits per heavy atom. The zero-order chi connectivity index (χ0) is 19.8. The van der Waals surface area contributed by atoms with Crippen LogP contribution in [0.15, 0.2) is 63.7 Å². The van der Waals surface area contributed by atoms with E-state index in [1.54, 1.807) is 30.3 Å². The van der Waals surface area contributed by atoms with Crippen LogP contribution < -0.4 is 5.32 Å². The van der Waals surface area contributed by atoms with Gasteiger partial charge in [0.25, 0.3) is 17.7 Å². The minimum absolute atomic E-state index is 0.0371. The van der Waals surface area contributed by atoms with E-state index in [2.05, 4.69) is 21.2 Å². The van der Waals surface area contributed by atoms with Crippen LogP contribution in [-0.2, 0) is 6.54 Å². The highest BCUT2D eigenvalue weighted by Crippen LogP contribution is 2.28. The number of furan rings is 1. The van der Waals surface area contributed by atoms with Gasteiger partial charge >= 0.3 is 0 Å². The summed E-state index contributed by atoms with van der Waals surface area (Å²) < 4.78 is 6.00. The molecule has 0 saturated heterocycles. The molecule has 0 aliphatic carbocycles. The topological polar surface area (TPSA) is 79.6 Å². The molecule has 1 N–H and O–H groups in total. The van der Waals surface area contributed by atoms with Crippen molar-refractivity contribution in [3.8, 4) is 0 Å². The summed E-state index contributed by atoms with van der Waals surface area (Å²) >= 11 is 9.43. The van der Waals surface area contributed by atoms with Crippen molar-refractivity contribution in [3.05, 3.63) is 86.7 Å². The minimum atomic E-state index is -0.465. The molecular weight excluding hydrogens is 448 g/mol. The van der Waals surface area contributed by atoms with E-state index in [0.717, 1.165) is 9.37 Å². The van der Waals surface area contributed by atoms with Crippen molar-refractivity contribution < 1.29 is 18.8 Å². The van der Waals surface area contributed by atoms with Gasteiger partial charge in [0.05, 0.1) is 34.6 Å². The Balaban J connectivity index is 1.58. The van der Waals surface area contributed by atoms with Crippen LogP contribution in [-0.4, -0.2) is 22.6 Å². The lowest BCUT2D eigenvalue weighted by Crippen LogP contribution is -2.28. The molecule has 0 atom stereocenters. The lowest BCUT2D eigenvalue weighted by Gasteiger charge is -2.11. The van der Waals surface area contributed by atoms with Gasteiger partial charge in [-0.2, -0.15) is 0 Å². The Hall–Kier alpha value is -2.90. The van der Waals surface area contributed by atoms with Crippen LogP contribution in [0, 0.1) is 0 Å². The summed E-state index contributed by atoms with van der Waals surface area (Å²) in [4.78, 5) is 38.9. The maximum Gasteiger partial charge on any atom is 0.261 e. The standard InChI is InChI=1S/C20H12BrClN2O4/c21-12-4-6-17(16(22)9-12)23-18(25)11-3-5-14-15(8-11)20(27)24(19(14)26)10-13-2-1-7-28-13/h1-9H,10H2,(H,23,25). The number of carbonyl (C=O) groups is 3. The molecule has 140 valence electrons. The van der Waals surface area contributed by atoms with E-state index >= 15 is 0 Å². The van der Waals surface area contributed by atoms with E-state index in [0.29, 0.717) is 16.5 Å². The average molecular weight is 460 g/mol. The molecular formula is C20H12BrClN2O4. The number of rotatable bonds is 4. The van der Waals surface area contributed by atoms with Crippen LogP contribution in [0.25, 0.3) is 0 Å². The van der Waals surface area contributed by atoms with E-state index in [1.807, 2.05) is 0 Å². The van der Waals surface area contributed by atoms with Gasteiger partial charge in [0.1, 0.15) is 5.76 Å². The zero-order valence-electron chi connectivity index (χ0n) is 14.2. The number of fused-ring (bicyclic) bond motifs is 1. The SMILES string of the molecule is O=C(Nc1ccc(Br)cc1Cl)c1ccc2c(c1)C(=O)N(Cc1ccco1)C2=O. The van der Waals surface area contributed by atoms with Gasteiger partial charge in [0.15, 0.2) is 0 Å². The summed E-state index contributed by atoms with van der Waals surface area (Å²) in [6.07, 6.45) is 1.48. The van der Waals surface area contributed by atoms with E-state index < -0.39 is 17.7 Å². The lowest BCUT2D eigenvalue weighted by molar-refractivity contribution is 0.0631. The quantitative estimate of drug-likeness (QED) is 0.571. The smallest absolute Gasteiger partial charge is 0.261 e. The Morgan fingerprint density at radius 1 is 1.07 bits per heavy atom. The molecule has 1 aromatic heterocycles. The molecule has 0 radical (unpaired) electrons. The van der Waals surface area contributed by atoms with Gasteiger partial charge in [-0.3, -0.25) is 19.3 Å². The van der Waals surface area contributed by atoms with Gasteiger partial charge in [0.2, 0.25) is 0 Å². The largest absolute Gasteiger partial charge is 0.467 e. The molecule has 8 heteroatoms. The number of carbonyl (C=O) groups excluding carboxylic acids is 3. The van der Waals surface area contributed by atoms with Crippen molar-refractivity contribution in [2.75, 3.05) is 5.32 Å². The number of anilines is 1. The number of benzene rings is 2. The minimum Gasteiger partial charge on any atom is -0.467 e. The average Bonchev–Trinajstić information content (AvgIpc) is 3.27. The first kappa shape index (κ1) is 18.5. The van der Waals surface area contributed by atoms with Crippen LogP contribution >= 0.6 is 27.5 Å². The number of halogens is 2. The van der Waals surface area contributed by atoms with Crippen molar-refractivity contribution in [1.29, 1.82) is 0 Å². The normalized spacial score (nSPS) is 13.0. The summed E-state index contributed by atoms with van der Waals surface area (Å²) in [5.41, 5.74) is 1.14. The molecule has 3 amide bonds. The van der Waals surface area contributed by atoms with Gasteiger partial charge < -0.3 is 9.73 Å². The molecule has 0 spiro atoms. The fourth-order valence-electron chi connectivity index (χ4n) is 2.92. The molecule has 0 fully saturated rings. The summed E-state index contributed by atoms with van der Waals surface area (Å²) in [5.74, 6) is -0.818. The van der Waals surface area contributed by atoms with Crippen molar-refractivity contribution in [3.63, 3.8) is 0 Å². The second-order valence-corrected chi connectivity index (χ2v) is 7.44. The molecule has 2 heterocycles. The summed E-state index contributed by atoms with van der Waals surface area (Å²) in [7, 11) is 0. The van der Waals surface area contributed by atoms with E-state index in [-0.39, 0.29) is 23.2 Å². The number of nitrogens with zero attached hydrogens (tertiary/aromatic N) is 1. The third kappa shape index (κ3) is 3.34. The highest BCUT2D eigenvalue weighted by molar-refractivity contribution is 9.10. The molecule has 6 nitrogen and oxygen atoms in total. The molecule has 2 aromatic carbocycles. The van der Waals surface area contributed by atoms with Crippen LogP contribution in [0.3, 0.4) is 0 Å². The van der Waals surface area contributed by atoms with Gasteiger partial charge in [-0.1, -0.05) is 27.5 Å². The van der Waals surface area contributed by atoms with Crippen LogP contribution in [0.2, 0.25) is 5.02 Å². The Labute approximate surface area is 173 Å². The van der Waals surface area contributed by atoms with Crippen LogP contribution in [0.5, 0.6) is 0 Å². The highest BCUT2D eigenvalue weighted by atomic mass is 79.9. The Bertz CT molecular complexity index is 1110. The van der Waals surface area contributed by atoms with Gasteiger partial charge in [-0.05, 0) is 48.5 Å². The maximum absolute atomic E-state index is 12.7. The van der Waals surface area contributed by atoms with Crippen molar-refractivity contribution in [2.45, 2.75) is 6.54 Å². The lowest BCUT2D eigenvalue weighted by atomic mass is 10.1. The number of amides is 3.